The van der Waals surface area contributed by atoms with Gasteiger partial charge < -0.3 is 19.7 Å². The Kier molecular flexibility index (Phi) is 7.35. The van der Waals surface area contributed by atoms with Gasteiger partial charge in [0.15, 0.2) is 0 Å². The maximum absolute atomic E-state index is 8.59. The molecular formula is C12H22N2O2S. The third-order valence-electron chi connectivity index (χ3n) is 2.15. The number of furan rings is 1. The number of aliphatic hydroxyl groups is 1. The molecule has 0 saturated carbocycles. The van der Waals surface area contributed by atoms with E-state index in [0.717, 1.165) is 36.1 Å². The van der Waals surface area contributed by atoms with Crippen molar-refractivity contribution >= 4 is 11.8 Å². The smallest absolute Gasteiger partial charge is 0.118 e. The molecule has 1 rings (SSSR count). The fourth-order valence-corrected chi connectivity index (χ4v) is 2.21. The summed E-state index contributed by atoms with van der Waals surface area (Å²) in [4.78, 5) is 2.09. The fourth-order valence-electron chi connectivity index (χ4n) is 1.42. The van der Waals surface area contributed by atoms with Crippen LogP contribution in [0.25, 0.3) is 0 Å². The summed E-state index contributed by atoms with van der Waals surface area (Å²) in [6.07, 6.45) is 0. The average molecular weight is 258 g/mol. The standard InChI is InChI=1S/C12H22N2O2S/c1-14(2)9-11-3-4-12(16-11)10-17-8-6-13-5-7-15/h3-4,13,15H,5-10H2,1-2H3. The number of hydrogen-bond donors (Lipinski definition) is 2. The molecule has 1 aromatic rings. The molecule has 1 aromatic heterocycles. The highest BCUT2D eigenvalue weighted by Gasteiger charge is 2.03. The van der Waals surface area contributed by atoms with Gasteiger partial charge in [0.25, 0.3) is 0 Å². The highest BCUT2D eigenvalue weighted by Crippen LogP contribution is 2.15. The molecule has 0 radical (unpaired) electrons. The molecule has 2 N–H and O–H groups in total. The zero-order valence-electron chi connectivity index (χ0n) is 10.6. The van der Waals surface area contributed by atoms with Gasteiger partial charge in [-0.1, -0.05) is 0 Å². The molecule has 17 heavy (non-hydrogen) atoms. The van der Waals surface area contributed by atoms with Crippen molar-refractivity contribution in [3.63, 3.8) is 0 Å². The van der Waals surface area contributed by atoms with Gasteiger partial charge in [0.2, 0.25) is 0 Å². The summed E-state index contributed by atoms with van der Waals surface area (Å²) in [6, 6.07) is 4.09. The molecular weight excluding hydrogens is 236 g/mol. The van der Waals surface area contributed by atoms with Gasteiger partial charge in [-0.2, -0.15) is 11.8 Å². The van der Waals surface area contributed by atoms with Crippen LogP contribution >= 0.6 is 11.8 Å². The van der Waals surface area contributed by atoms with E-state index in [1.54, 1.807) is 0 Å². The molecule has 0 spiro atoms. The zero-order valence-corrected chi connectivity index (χ0v) is 11.4. The molecule has 1 heterocycles. The predicted octanol–water partition coefficient (Wildman–Crippen LogP) is 1.16. The number of thioether (sulfide) groups is 1. The van der Waals surface area contributed by atoms with Crippen LogP contribution < -0.4 is 5.32 Å². The number of hydrogen-bond acceptors (Lipinski definition) is 5. The van der Waals surface area contributed by atoms with E-state index in [1.165, 1.54) is 0 Å². The SMILES string of the molecule is CN(C)Cc1ccc(CSCCNCCO)o1. The number of rotatable bonds is 9. The largest absolute Gasteiger partial charge is 0.464 e. The Morgan fingerprint density at radius 3 is 2.76 bits per heavy atom. The first-order valence-corrected chi connectivity index (χ1v) is 6.99. The van der Waals surface area contributed by atoms with Gasteiger partial charge in [-0.05, 0) is 26.2 Å². The van der Waals surface area contributed by atoms with Crippen molar-refractivity contribution in [3.8, 4) is 0 Å². The summed E-state index contributed by atoms with van der Waals surface area (Å²) in [6.45, 7) is 2.66. The lowest BCUT2D eigenvalue weighted by Gasteiger charge is -2.05. The Morgan fingerprint density at radius 1 is 1.29 bits per heavy atom. The van der Waals surface area contributed by atoms with Crippen LogP contribution in [0.2, 0.25) is 0 Å². The molecule has 0 aliphatic heterocycles. The summed E-state index contributed by atoms with van der Waals surface area (Å²) in [5.74, 6) is 4.00. The molecule has 0 bridgehead atoms. The van der Waals surface area contributed by atoms with Gasteiger partial charge in [0.05, 0.1) is 18.9 Å². The molecule has 0 saturated heterocycles. The van der Waals surface area contributed by atoms with Crippen molar-refractivity contribution in [1.29, 1.82) is 0 Å². The first kappa shape index (κ1) is 14.6. The summed E-state index contributed by atoms with van der Waals surface area (Å²) >= 11 is 1.84. The summed E-state index contributed by atoms with van der Waals surface area (Å²) in [5, 5.41) is 11.7. The highest BCUT2D eigenvalue weighted by atomic mass is 32.2. The van der Waals surface area contributed by atoms with Crippen LogP contribution in [0, 0.1) is 0 Å². The summed E-state index contributed by atoms with van der Waals surface area (Å²) in [7, 11) is 4.06. The average Bonchev–Trinajstić information content (AvgIpc) is 2.70. The van der Waals surface area contributed by atoms with E-state index < -0.39 is 0 Å². The molecule has 0 aliphatic carbocycles. The van der Waals surface area contributed by atoms with Gasteiger partial charge in [0, 0.05) is 18.8 Å². The molecule has 4 nitrogen and oxygen atoms in total. The summed E-state index contributed by atoms with van der Waals surface area (Å²) in [5.41, 5.74) is 0. The number of nitrogens with zero attached hydrogens (tertiary/aromatic N) is 1. The lowest BCUT2D eigenvalue weighted by molar-refractivity contribution is 0.294. The molecule has 0 unspecified atom stereocenters. The van der Waals surface area contributed by atoms with Crippen LogP contribution in [0.3, 0.4) is 0 Å². The second-order valence-corrected chi connectivity index (χ2v) is 5.24. The first-order chi connectivity index (χ1) is 8.22. The maximum atomic E-state index is 8.59. The topological polar surface area (TPSA) is 48.6 Å². The minimum atomic E-state index is 0.205. The molecule has 5 heteroatoms. The third-order valence-corrected chi connectivity index (χ3v) is 3.13. The normalized spacial score (nSPS) is 11.3. The van der Waals surface area contributed by atoms with Crippen molar-refractivity contribution < 1.29 is 9.52 Å². The monoisotopic (exact) mass is 258 g/mol. The Labute approximate surface area is 107 Å². The van der Waals surface area contributed by atoms with E-state index >= 15 is 0 Å². The predicted molar refractivity (Wildman–Crippen MR) is 72.2 cm³/mol. The Morgan fingerprint density at radius 2 is 2.06 bits per heavy atom. The van der Waals surface area contributed by atoms with E-state index in [4.69, 9.17) is 9.52 Å². The number of nitrogens with one attached hydrogen (secondary N) is 1. The Balaban J connectivity index is 2.12. The first-order valence-electron chi connectivity index (χ1n) is 5.84. The minimum absolute atomic E-state index is 0.205. The fraction of sp³-hybridized carbons (Fsp3) is 0.667. The van der Waals surface area contributed by atoms with Crippen LogP contribution in [0.4, 0.5) is 0 Å². The lowest BCUT2D eigenvalue weighted by Crippen LogP contribution is -2.20. The molecule has 0 amide bonds. The van der Waals surface area contributed by atoms with Crippen LogP contribution in [-0.2, 0) is 12.3 Å². The van der Waals surface area contributed by atoms with Gasteiger partial charge in [-0.15, -0.1) is 0 Å². The second kappa shape index (κ2) is 8.58. The molecule has 98 valence electrons. The molecule has 0 fully saturated rings. The summed E-state index contributed by atoms with van der Waals surface area (Å²) < 4.78 is 5.70. The van der Waals surface area contributed by atoms with Crippen LogP contribution in [0.1, 0.15) is 11.5 Å². The third kappa shape index (κ3) is 6.73. The van der Waals surface area contributed by atoms with E-state index in [-0.39, 0.29) is 6.61 Å². The highest BCUT2D eigenvalue weighted by molar-refractivity contribution is 7.98. The maximum Gasteiger partial charge on any atom is 0.118 e. The van der Waals surface area contributed by atoms with Crippen LogP contribution in [-0.4, -0.2) is 49.6 Å². The van der Waals surface area contributed by atoms with Crippen molar-refractivity contribution in [1.82, 2.24) is 10.2 Å². The second-order valence-electron chi connectivity index (χ2n) is 4.13. The van der Waals surface area contributed by atoms with Crippen molar-refractivity contribution in [2.75, 3.05) is 39.5 Å². The van der Waals surface area contributed by atoms with Crippen molar-refractivity contribution in [3.05, 3.63) is 23.7 Å². The lowest BCUT2D eigenvalue weighted by atomic mass is 10.4. The van der Waals surface area contributed by atoms with E-state index in [9.17, 15) is 0 Å². The van der Waals surface area contributed by atoms with Gasteiger partial charge >= 0.3 is 0 Å². The van der Waals surface area contributed by atoms with Gasteiger partial charge in [0.1, 0.15) is 11.5 Å². The zero-order chi connectivity index (χ0) is 12.5. The molecule has 0 atom stereocenters. The Bertz CT molecular complexity index is 302. The van der Waals surface area contributed by atoms with E-state index in [2.05, 4.69) is 10.2 Å². The van der Waals surface area contributed by atoms with Crippen molar-refractivity contribution in [2.24, 2.45) is 0 Å². The Hall–Kier alpha value is -0.490. The van der Waals surface area contributed by atoms with Crippen molar-refractivity contribution in [2.45, 2.75) is 12.3 Å². The van der Waals surface area contributed by atoms with E-state index in [1.807, 2.05) is 38.0 Å². The minimum Gasteiger partial charge on any atom is -0.464 e. The molecule has 0 aliphatic rings. The van der Waals surface area contributed by atoms with Crippen LogP contribution in [0.5, 0.6) is 0 Å². The van der Waals surface area contributed by atoms with Gasteiger partial charge in [-0.25, -0.2) is 0 Å². The van der Waals surface area contributed by atoms with Crippen LogP contribution in [0.15, 0.2) is 16.5 Å². The molecule has 0 aromatic carbocycles. The van der Waals surface area contributed by atoms with Gasteiger partial charge in [-0.3, -0.25) is 0 Å². The quantitative estimate of drug-likeness (QED) is 0.651. The van der Waals surface area contributed by atoms with E-state index in [0.29, 0.717) is 6.54 Å². The number of aliphatic hydroxyl groups excluding tert-OH is 1.